The van der Waals surface area contributed by atoms with Crippen LogP contribution in [0.25, 0.3) is 0 Å². The molecule has 1 atom stereocenters. The van der Waals surface area contributed by atoms with Crippen LogP contribution in [0.4, 0.5) is 0 Å². The molecule has 0 fully saturated rings. The maximum atomic E-state index is 12.2. The molecular weight excluding hydrogens is 406 g/mol. The van der Waals surface area contributed by atoms with E-state index in [1.807, 2.05) is 18.2 Å². The molecule has 0 radical (unpaired) electrons. The average molecular weight is 444 g/mol. The van der Waals surface area contributed by atoms with Gasteiger partial charge in [0, 0.05) is 32.7 Å². The minimum Gasteiger partial charge on any atom is -0.357 e. The Kier molecular flexibility index (Phi) is 10.5. The first-order valence-corrected chi connectivity index (χ1v) is 12.0. The van der Waals surface area contributed by atoms with Gasteiger partial charge in [0.2, 0.25) is 0 Å². The normalized spacial score (nSPS) is 12.6. The predicted molar refractivity (Wildman–Crippen MR) is 132 cm³/mol. The standard InChI is InChI=1S/C24H37N5OS/c1-6-25-24(27-17-22(29(7-2)8-3)21-13-15-31-18-21)26-14-12-19-10-9-11-20(16-19)23(30)28(4)5/h9-11,13,15-16,18,22H,6-8,12,14,17H2,1-5H3,(H2,25,26,27). The molecule has 0 bridgehead atoms. The van der Waals surface area contributed by atoms with Crippen LogP contribution in [0, 0.1) is 0 Å². The van der Waals surface area contributed by atoms with Gasteiger partial charge in [-0.25, -0.2) is 0 Å². The van der Waals surface area contributed by atoms with Crippen LogP contribution in [-0.2, 0) is 6.42 Å². The number of rotatable bonds is 11. The van der Waals surface area contributed by atoms with Crippen LogP contribution < -0.4 is 10.6 Å². The fraction of sp³-hybridized carbons (Fsp3) is 0.500. The summed E-state index contributed by atoms with van der Waals surface area (Å²) in [7, 11) is 3.55. The topological polar surface area (TPSA) is 60.0 Å². The summed E-state index contributed by atoms with van der Waals surface area (Å²) in [4.78, 5) is 21.1. The van der Waals surface area contributed by atoms with Crippen LogP contribution in [0.15, 0.2) is 46.1 Å². The Labute approximate surface area is 191 Å². The van der Waals surface area contributed by atoms with Crippen LogP contribution in [0.1, 0.15) is 48.3 Å². The van der Waals surface area contributed by atoms with Gasteiger partial charge in [-0.3, -0.25) is 14.7 Å². The lowest BCUT2D eigenvalue weighted by molar-refractivity contribution is 0.0827. The van der Waals surface area contributed by atoms with E-state index in [1.165, 1.54) is 5.56 Å². The number of hydrogen-bond acceptors (Lipinski definition) is 4. The van der Waals surface area contributed by atoms with Gasteiger partial charge in [-0.1, -0.05) is 26.0 Å². The molecule has 0 aliphatic heterocycles. The molecule has 2 aromatic rings. The zero-order valence-corrected chi connectivity index (χ0v) is 20.3. The summed E-state index contributed by atoms with van der Waals surface area (Å²) >= 11 is 1.73. The van der Waals surface area contributed by atoms with E-state index in [1.54, 1.807) is 30.3 Å². The number of nitrogens with one attached hydrogen (secondary N) is 2. The van der Waals surface area contributed by atoms with Crippen molar-refractivity contribution in [2.45, 2.75) is 33.2 Å². The first-order chi connectivity index (χ1) is 15.0. The van der Waals surface area contributed by atoms with E-state index in [0.29, 0.717) is 6.54 Å². The van der Waals surface area contributed by atoms with Crippen molar-refractivity contribution in [3.05, 3.63) is 57.8 Å². The first kappa shape index (κ1) is 24.9. The van der Waals surface area contributed by atoms with Crippen LogP contribution in [0.3, 0.4) is 0 Å². The number of hydrogen-bond donors (Lipinski definition) is 2. The molecule has 1 unspecified atom stereocenters. The third kappa shape index (κ3) is 7.67. The molecule has 31 heavy (non-hydrogen) atoms. The molecule has 0 saturated carbocycles. The SMILES string of the molecule is CCNC(=NCC(c1ccsc1)N(CC)CC)NCCc1cccc(C(=O)N(C)C)c1. The number of guanidine groups is 1. The number of amides is 1. The second kappa shape index (κ2) is 13.1. The first-order valence-electron chi connectivity index (χ1n) is 11.1. The summed E-state index contributed by atoms with van der Waals surface area (Å²) in [5.41, 5.74) is 3.19. The van der Waals surface area contributed by atoms with Crippen molar-refractivity contribution < 1.29 is 4.79 Å². The maximum absolute atomic E-state index is 12.2. The molecule has 2 rings (SSSR count). The summed E-state index contributed by atoms with van der Waals surface area (Å²) in [5.74, 6) is 0.857. The fourth-order valence-electron chi connectivity index (χ4n) is 3.52. The average Bonchev–Trinajstić information content (AvgIpc) is 3.30. The van der Waals surface area contributed by atoms with Crippen molar-refractivity contribution in [3.63, 3.8) is 0 Å². The lowest BCUT2D eigenvalue weighted by Gasteiger charge is -2.28. The Hall–Kier alpha value is -2.38. The van der Waals surface area contributed by atoms with E-state index >= 15 is 0 Å². The van der Waals surface area contributed by atoms with Gasteiger partial charge < -0.3 is 15.5 Å². The molecule has 1 aromatic carbocycles. The van der Waals surface area contributed by atoms with Crippen LogP contribution in [0.5, 0.6) is 0 Å². The summed E-state index contributed by atoms with van der Waals surface area (Å²) in [5, 5.41) is 11.2. The molecule has 1 aromatic heterocycles. The smallest absolute Gasteiger partial charge is 0.253 e. The second-order valence-electron chi connectivity index (χ2n) is 7.59. The Morgan fingerprint density at radius 1 is 1.13 bits per heavy atom. The summed E-state index contributed by atoms with van der Waals surface area (Å²) in [6, 6.07) is 10.3. The number of likely N-dealkylation sites (N-methyl/N-ethyl adjacent to an activating group) is 1. The molecule has 0 aliphatic carbocycles. The summed E-state index contributed by atoms with van der Waals surface area (Å²) < 4.78 is 0. The monoisotopic (exact) mass is 443 g/mol. The van der Waals surface area contributed by atoms with Gasteiger partial charge in [0.05, 0.1) is 12.6 Å². The fourth-order valence-corrected chi connectivity index (χ4v) is 4.23. The van der Waals surface area contributed by atoms with Crippen LogP contribution >= 0.6 is 11.3 Å². The number of benzene rings is 1. The molecule has 0 saturated heterocycles. The van der Waals surface area contributed by atoms with E-state index in [-0.39, 0.29) is 11.9 Å². The molecule has 0 aliphatic rings. The van der Waals surface area contributed by atoms with Crippen molar-refractivity contribution in [1.29, 1.82) is 0 Å². The van der Waals surface area contributed by atoms with Crippen molar-refractivity contribution in [2.24, 2.45) is 4.99 Å². The Bertz CT molecular complexity index is 815. The number of carbonyl (C=O) groups excluding carboxylic acids is 1. The lowest BCUT2D eigenvalue weighted by atomic mass is 10.1. The number of nitrogens with zero attached hydrogens (tertiary/aromatic N) is 3. The molecule has 2 N–H and O–H groups in total. The highest BCUT2D eigenvalue weighted by atomic mass is 32.1. The zero-order chi connectivity index (χ0) is 22.6. The third-order valence-corrected chi connectivity index (χ3v) is 5.94. The van der Waals surface area contributed by atoms with Crippen molar-refractivity contribution in [2.75, 3.05) is 46.8 Å². The van der Waals surface area contributed by atoms with Crippen LogP contribution in [0.2, 0.25) is 0 Å². The Morgan fingerprint density at radius 2 is 1.90 bits per heavy atom. The van der Waals surface area contributed by atoms with E-state index in [2.05, 4.69) is 59.2 Å². The van der Waals surface area contributed by atoms with Gasteiger partial charge in [-0.15, -0.1) is 0 Å². The van der Waals surface area contributed by atoms with Crippen molar-refractivity contribution >= 4 is 23.2 Å². The number of carbonyl (C=O) groups is 1. The summed E-state index contributed by atoms with van der Waals surface area (Å²) in [6.45, 7) is 10.7. The largest absolute Gasteiger partial charge is 0.357 e. The number of aliphatic imine (C=N–C) groups is 1. The zero-order valence-electron chi connectivity index (χ0n) is 19.5. The third-order valence-electron chi connectivity index (χ3n) is 5.23. The predicted octanol–water partition coefficient (Wildman–Crippen LogP) is 3.63. The van der Waals surface area contributed by atoms with Crippen molar-refractivity contribution in [3.8, 4) is 0 Å². The lowest BCUT2D eigenvalue weighted by Crippen LogP contribution is -2.39. The van der Waals surface area contributed by atoms with Gasteiger partial charge in [-0.2, -0.15) is 11.3 Å². The molecule has 6 nitrogen and oxygen atoms in total. The highest BCUT2D eigenvalue weighted by Gasteiger charge is 2.18. The quantitative estimate of drug-likeness (QED) is 0.411. The molecule has 170 valence electrons. The van der Waals surface area contributed by atoms with Crippen LogP contribution in [-0.4, -0.2) is 68.5 Å². The van der Waals surface area contributed by atoms with E-state index < -0.39 is 0 Å². The molecule has 0 spiro atoms. The minimum atomic E-state index is 0.0283. The van der Waals surface area contributed by atoms with E-state index in [9.17, 15) is 4.79 Å². The van der Waals surface area contributed by atoms with Gasteiger partial charge in [-0.05, 0) is 66.5 Å². The van der Waals surface area contributed by atoms with Crippen molar-refractivity contribution in [1.82, 2.24) is 20.4 Å². The highest BCUT2D eigenvalue weighted by Crippen LogP contribution is 2.23. The number of thiophene rings is 1. The maximum Gasteiger partial charge on any atom is 0.253 e. The summed E-state index contributed by atoms with van der Waals surface area (Å²) in [6.07, 6.45) is 0.822. The van der Waals surface area contributed by atoms with Gasteiger partial charge >= 0.3 is 0 Å². The minimum absolute atomic E-state index is 0.0283. The Morgan fingerprint density at radius 3 is 2.52 bits per heavy atom. The molecule has 7 heteroatoms. The van der Waals surface area contributed by atoms with Gasteiger partial charge in [0.1, 0.15) is 0 Å². The Balaban J connectivity index is 2.01. The second-order valence-corrected chi connectivity index (χ2v) is 8.37. The molecular formula is C24H37N5OS. The highest BCUT2D eigenvalue weighted by molar-refractivity contribution is 7.07. The van der Waals surface area contributed by atoms with Gasteiger partial charge in [0.25, 0.3) is 5.91 Å². The van der Waals surface area contributed by atoms with E-state index in [4.69, 9.17) is 4.99 Å². The van der Waals surface area contributed by atoms with E-state index in [0.717, 1.165) is 49.7 Å². The van der Waals surface area contributed by atoms with Gasteiger partial charge in [0.15, 0.2) is 5.96 Å². The molecule has 1 heterocycles. The molecule has 1 amide bonds.